The van der Waals surface area contributed by atoms with Crippen molar-refractivity contribution in [2.24, 2.45) is 5.92 Å². The van der Waals surface area contributed by atoms with Crippen molar-refractivity contribution in [2.75, 3.05) is 20.8 Å². The van der Waals surface area contributed by atoms with E-state index in [0.717, 1.165) is 24.0 Å². The molecule has 0 amide bonds. The number of para-hydroxylation sites is 2. The minimum absolute atomic E-state index is 0.0502. The predicted molar refractivity (Wildman–Crippen MR) is 117 cm³/mol. The molecule has 5 rings (SSSR count). The second-order valence-corrected chi connectivity index (χ2v) is 8.76. The summed E-state index contributed by atoms with van der Waals surface area (Å²) in [6, 6.07) is 14.9. The van der Waals surface area contributed by atoms with Crippen LogP contribution in [-0.4, -0.2) is 25.7 Å². The molecule has 0 unspecified atom stereocenters. The fourth-order valence-corrected chi connectivity index (χ4v) is 5.78. The van der Waals surface area contributed by atoms with Crippen molar-refractivity contribution in [1.82, 2.24) is 10.3 Å². The number of hydrogen-bond donors (Lipinski definition) is 2. The molecule has 2 aromatic carbocycles. The molecule has 1 fully saturated rings. The number of benzene rings is 2. The van der Waals surface area contributed by atoms with Gasteiger partial charge in [-0.3, -0.25) is 0 Å². The number of hydrogen-bond acceptors (Lipinski definition) is 3. The molecule has 1 aromatic heterocycles. The topological polar surface area (TPSA) is 46.3 Å². The van der Waals surface area contributed by atoms with E-state index in [2.05, 4.69) is 53.6 Å². The van der Waals surface area contributed by atoms with Gasteiger partial charge >= 0.3 is 0 Å². The summed E-state index contributed by atoms with van der Waals surface area (Å²) >= 11 is 0. The first-order chi connectivity index (χ1) is 14.2. The second kappa shape index (κ2) is 7.10. The Kier molecular flexibility index (Phi) is 4.54. The molecule has 3 aromatic rings. The van der Waals surface area contributed by atoms with Crippen LogP contribution in [0.4, 0.5) is 0 Å². The van der Waals surface area contributed by atoms with Gasteiger partial charge in [0.2, 0.25) is 0 Å². The fraction of sp³-hybridized carbons (Fsp3) is 0.440. The summed E-state index contributed by atoms with van der Waals surface area (Å²) < 4.78 is 11.4. The molecule has 2 aliphatic rings. The molecule has 1 spiro atoms. The molecule has 3 atom stereocenters. The van der Waals surface area contributed by atoms with E-state index in [1.807, 2.05) is 6.07 Å². The van der Waals surface area contributed by atoms with Gasteiger partial charge in [-0.2, -0.15) is 0 Å². The number of ether oxygens (including phenoxy) is 2. The van der Waals surface area contributed by atoms with Crippen LogP contribution in [0.5, 0.6) is 11.5 Å². The molecule has 0 radical (unpaired) electrons. The third-order valence-electron chi connectivity index (χ3n) is 7.02. The first kappa shape index (κ1) is 18.6. The molecule has 29 heavy (non-hydrogen) atoms. The summed E-state index contributed by atoms with van der Waals surface area (Å²) in [6.45, 7) is 3.30. The van der Waals surface area contributed by atoms with Crippen molar-refractivity contribution in [3.8, 4) is 11.5 Å². The number of fused-ring (bicyclic) bond motifs is 4. The van der Waals surface area contributed by atoms with E-state index in [9.17, 15) is 0 Å². The van der Waals surface area contributed by atoms with Gasteiger partial charge in [0, 0.05) is 34.6 Å². The Morgan fingerprint density at radius 2 is 1.90 bits per heavy atom. The Hall–Kier alpha value is -2.46. The molecule has 0 bridgehead atoms. The van der Waals surface area contributed by atoms with Crippen molar-refractivity contribution in [3.63, 3.8) is 0 Å². The van der Waals surface area contributed by atoms with E-state index in [0.29, 0.717) is 0 Å². The van der Waals surface area contributed by atoms with Gasteiger partial charge in [-0.15, -0.1) is 0 Å². The van der Waals surface area contributed by atoms with Crippen LogP contribution in [0, 0.1) is 5.92 Å². The second-order valence-electron chi connectivity index (χ2n) is 8.76. The summed E-state index contributed by atoms with van der Waals surface area (Å²) in [6.07, 6.45) is 4.98. The molecule has 4 nitrogen and oxygen atoms in total. The molecular weight excluding hydrogens is 360 g/mol. The van der Waals surface area contributed by atoms with Crippen LogP contribution in [0.2, 0.25) is 0 Å². The first-order valence-electron chi connectivity index (χ1n) is 10.7. The zero-order valence-electron chi connectivity index (χ0n) is 17.5. The molecule has 0 saturated heterocycles. The van der Waals surface area contributed by atoms with Gasteiger partial charge < -0.3 is 19.8 Å². The molecule has 2 heterocycles. The largest absolute Gasteiger partial charge is 0.493 e. The highest BCUT2D eigenvalue weighted by molar-refractivity contribution is 5.87. The van der Waals surface area contributed by atoms with Crippen molar-refractivity contribution >= 4 is 10.9 Å². The van der Waals surface area contributed by atoms with Gasteiger partial charge in [-0.1, -0.05) is 50.1 Å². The Morgan fingerprint density at radius 1 is 1.03 bits per heavy atom. The third kappa shape index (κ3) is 2.84. The lowest BCUT2D eigenvalue weighted by Crippen LogP contribution is -2.51. The first-order valence-corrected chi connectivity index (χ1v) is 10.7. The number of aromatic nitrogens is 1. The van der Waals surface area contributed by atoms with Crippen LogP contribution in [0.3, 0.4) is 0 Å². The Balaban J connectivity index is 1.73. The normalized spacial score (nSPS) is 26.4. The van der Waals surface area contributed by atoms with Crippen molar-refractivity contribution in [2.45, 2.75) is 44.1 Å². The SMILES string of the molecule is COc1cccc([C@@H]2CN[C@@]3(CCC[C@@H](C)C3)c3[nH]c4ccccc4c32)c1OC. The van der Waals surface area contributed by atoms with Gasteiger partial charge in [0.1, 0.15) is 0 Å². The van der Waals surface area contributed by atoms with Gasteiger partial charge in [-0.25, -0.2) is 0 Å². The molecule has 1 aliphatic heterocycles. The smallest absolute Gasteiger partial charge is 0.164 e. The van der Waals surface area contributed by atoms with Crippen LogP contribution in [-0.2, 0) is 5.54 Å². The number of nitrogens with one attached hydrogen (secondary N) is 2. The van der Waals surface area contributed by atoms with E-state index in [1.54, 1.807) is 14.2 Å². The third-order valence-corrected chi connectivity index (χ3v) is 7.02. The lowest BCUT2D eigenvalue weighted by atomic mass is 9.69. The Labute approximate surface area is 172 Å². The Bertz CT molecular complexity index is 1040. The number of aromatic amines is 1. The van der Waals surface area contributed by atoms with Crippen LogP contribution >= 0.6 is 0 Å². The van der Waals surface area contributed by atoms with Gasteiger partial charge in [0.05, 0.1) is 19.8 Å². The average Bonchev–Trinajstić information content (AvgIpc) is 3.15. The highest BCUT2D eigenvalue weighted by atomic mass is 16.5. The van der Waals surface area contributed by atoms with E-state index in [1.165, 1.54) is 53.4 Å². The minimum Gasteiger partial charge on any atom is -0.493 e. The van der Waals surface area contributed by atoms with Gasteiger partial charge in [0.25, 0.3) is 0 Å². The zero-order chi connectivity index (χ0) is 20.0. The summed E-state index contributed by atoms with van der Waals surface area (Å²) in [5, 5.41) is 5.32. The number of H-pyrrole nitrogens is 1. The quantitative estimate of drug-likeness (QED) is 0.636. The van der Waals surface area contributed by atoms with Crippen LogP contribution in [0.1, 0.15) is 55.3 Å². The minimum atomic E-state index is 0.0502. The lowest BCUT2D eigenvalue weighted by molar-refractivity contribution is 0.171. The molecular formula is C25H30N2O2. The number of rotatable bonds is 3. The average molecular weight is 391 g/mol. The Morgan fingerprint density at radius 3 is 2.69 bits per heavy atom. The standard InChI is InChI=1S/C25H30N2O2/c1-16-8-7-13-25(14-16)24-22(18-9-4-5-11-20(18)27-24)19(15-26-25)17-10-6-12-21(28-2)23(17)29-3/h4-6,9-12,16,19,26-27H,7-8,13-15H2,1-3H3/t16-,19+,25-/m1/s1. The van der Waals surface area contributed by atoms with E-state index in [4.69, 9.17) is 9.47 Å². The maximum absolute atomic E-state index is 5.82. The highest BCUT2D eigenvalue weighted by Crippen LogP contribution is 2.50. The lowest BCUT2D eigenvalue weighted by Gasteiger charge is -2.46. The maximum atomic E-state index is 5.82. The number of methoxy groups -OCH3 is 2. The maximum Gasteiger partial charge on any atom is 0.164 e. The van der Waals surface area contributed by atoms with E-state index < -0.39 is 0 Å². The fourth-order valence-electron chi connectivity index (χ4n) is 5.78. The van der Waals surface area contributed by atoms with Crippen molar-refractivity contribution in [1.29, 1.82) is 0 Å². The van der Waals surface area contributed by atoms with Gasteiger partial charge in [-0.05, 0) is 36.5 Å². The summed E-state index contributed by atoms with van der Waals surface area (Å²) in [5.41, 5.74) is 5.27. The zero-order valence-corrected chi connectivity index (χ0v) is 17.5. The van der Waals surface area contributed by atoms with Crippen LogP contribution < -0.4 is 14.8 Å². The monoisotopic (exact) mass is 390 g/mol. The van der Waals surface area contributed by atoms with E-state index in [-0.39, 0.29) is 11.5 Å². The highest BCUT2D eigenvalue weighted by Gasteiger charge is 2.45. The van der Waals surface area contributed by atoms with Crippen LogP contribution in [0.25, 0.3) is 10.9 Å². The molecule has 2 N–H and O–H groups in total. The van der Waals surface area contributed by atoms with Crippen LogP contribution in [0.15, 0.2) is 42.5 Å². The molecule has 1 saturated carbocycles. The van der Waals surface area contributed by atoms with Crippen molar-refractivity contribution < 1.29 is 9.47 Å². The molecule has 4 heteroatoms. The molecule has 152 valence electrons. The summed E-state index contributed by atoms with van der Waals surface area (Å²) in [5.74, 6) is 2.58. The summed E-state index contributed by atoms with van der Waals surface area (Å²) in [7, 11) is 3.44. The molecule has 1 aliphatic carbocycles. The van der Waals surface area contributed by atoms with E-state index >= 15 is 0 Å². The van der Waals surface area contributed by atoms with Crippen molar-refractivity contribution in [3.05, 3.63) is 59.3 Å². The predicted octanol–water partition coefficient (Wildman–Crippen LogP) is 5.33. The van der Waals surface area contributed by atoms with Gasteiger partial charge in [0.15, 0.2) is 11.5 Å². The summed E-state index contributed by atoms with van der Waals surface area (Å²) in [4.78, 5) is 3.83.